The van der Waals surface area contributed by atoms with Crippen LogP contribution in [0, 0.1) is 6.92 Å². The van der Waals surface area contributed by atoms with Crippen molar-refractivity contribution >= 4 is 17.3 Å². The van der Waals surface area contributed by atoms with Gasteiger partial charge in [-0.2, -0.15) is 9.61 Å². The molecule has 0 saturated carbocycles. The van der Waals surface area contributed by atoms with E-state index >= 15 is 0 Å². The van der Waals surface area contributed by atoms with Gasteiger partial charge in [0.25, 0.3) is 0 Å². The lowest BCUT2D eigenvalue weighted by Crippen LogP contribution is -2.20. The molecule has 0 atom stereocenters. The Morgan fingerprint density at radius 1 is 1.24 bits per heavy atom. The van der Waals surface area contributed by atoms with Crippen molar-refractivity contribution in [2.24, 2.45) is 10.9 Å². The molecule has 21 heavy (non-hydrogen) atoms. The van der Waals surface area contributed by atoms with Gasteiger partial charge in [-0.15, -0.1) is 10.2 Å². The van der Waals surface area contributed by atoms with Crippen LogP contribution in [0.25, 0.3) is 16.8 Å². The first-order chi connectivity index (χ1) is 10.1. The highest BCUT2D eigenvalue weighted by Crippen LogP contribution is 2.27. The van der Waals surface area contributed by atoms with Crippen LogP contribution in [0.15, 0.2) is 35.5 Å². The van der Waals surface area contributed by atoms with Gasteiger partial charge >= 0.3 is 0 Å². The normalized spacial score (nSPS) is 12.0. The molecule has 0 amide bonds. The number of hydrogen-bond acceptors (Lipinski definition) is 6. The maximum absolute atomic E-state index is 8.73. The van der Waals surface area contributed by atoms with Crippen molar-refractivity contribution in [2.75, 3.05) is 5.73 Å². The highest BCUT2D eigenvalue weighted by molar-refractivity contribution is 5.99. The summed E-state index contributed by atoms with van der Waals surface area (Å²) >= 11 is 0. The third kappa shape index (κ3) is 1.93. The highest BCUT2D eigenvalue weighted by Gasteiger charge is 2.18. The van der Waals surface area contributed by atoms with E-state index in [2.05, 4.69) is 20.5 Å². The number of aryl methyl sites for hydroxylation is 1. The predicted molar refractivity (Wildman–Crippen MR) is 77.9 cm³/mol. The predicted octanol–water partition coefficient (Wildman–Crippen LogP) is 0.776. The lowest BCUT2D eigenvalue weighted by atomic mass is 10.1. The molecule has 0 radical (unpaired) electrons. The fourth-order valence-corrected chi connectivity index (χ4v) is 2.20. The number of aromatic nitrogens is 4. The second-order valence-corrected chi connectivity index (χ2v) is 4.48. The molecule has 0 unspecified atom stereocenters. The van der Waals surface area contributed by atoms with Crippen LogP contribution in [0.4, 0.5) is 5.82 Å². The molecule has 8 heteroatoms. The number of rotatable bonds is 2. The molecule has 3 aromatic rings. The van der Waals surface area contributed by atoms with Crippen molar-refractivity contribution < 1.29 is 5.21 Å². The summed E-state index contributed by atoms with van der Waals surface area (Å²) in [6.45, 7) is 1.86. The summed E-state index contributed by atoms with van der Waals surface area (Å²) in [5.74, 6) is -0.0445. The van der Waals surface area contributed by atoms with Gasteiger partial charge in [-0.3, -0.25) is 0 Å². The second-order valence-electron chi connectivity index (χ2n) is 4.48. The first kappa shape index (κ1) is 12.9. The third-order valence-corrected chi connectivity index (χ3v) is 3.16. The summed E-state index contributed by atoms with van der Waals surface area (Å²) in [7, 11) is 0. The molecular weight excluding hydrogens is 270 g/mol. The van der Waals surface area contributed by atoms with Gasteiger partial charge in [0.15, 0.2) is 23.0 Å². The molecule has 2 aromatic heterocycles. The van der Waals surface area contributed by atoms with Gasteiger partial charge < -0.3 is 16.7 Å². The molecular formula is C13H13N7O. The van der Waals surface area contributed by atoms with E-state index in [4.69, 9.17) is 16.7 Å². The molecule has 0 fully saturated rings. The standard InChI is InChI=1S/C13H13N7O/c1-7-9(8-5-3-2-4-6-8)13-17-16-10(11(14)19-21)12(15)20(13)18-7/h2-6,21H,15H2,1H3,(H2,14,19). The van der Waals surface area contributed by atoms with E-state index in [1.807, 2.05) is 37.3 Å². The van der Waals surface area contributed by atoms with Crippen LogP contribution in [0.5, 0.6) is 0 Å². The number of benzene rings is 1. The van der Waals surface area contributed by atoms with Crippen LogP contribution in [0.2, 0.25) is 0 Å². The number of fused-ring (bicyclic) bond motifs is 1. The van der Waals surface area contributed by atoms with Gasteiger partial charge in [0.2, 0.25) is 0 Å². The Bertz CT molecular complexity index is 839. The zero-order valence-electron chi connectivity index (χ0n) is 11.2. The number of nitrogens with zero attached hydrogens (tertiary/aromatic N) is 5. The summed E-state index contributed by atoms with van der Waals surface area (Å²) in [6, 6.07) is 9.71. The Labute approximate surface area is 119 Å². The number of nitrogen functional groups attached to an aromatic ring is 1. The summed E-state index contributed by atoms with van der Waals surface area (Å²) in [5, 5.41) is 24.0. The van der Waals surface area contributed by atoms with Gasteiger partial charge in [0.1, 0.15) is 0 Å². The first-order valence-corrected chi connectivity index (χ1v) is 6.18. The Morgan fingerprint density at radius 3 is 2.62 bits per heavy atom. The Morgan fingerprint density at radius 2 is 1.95 bits per heavy atom. The number of amidine groups is 1. The molecule has 2 heterocycles. The quantitative estimate of drug-likeness (QED) is 0.276. The van der Waals surface area contributed by atoms with E-state index in [0.717, 1.165) is 16.8 Å². The smallest absolute Gasteiger partial charge is 0.194 e. The van der Waals surface area contributed by atoms with Crippen molar-refractivity contribution in [3.63, 3.8) is 0 Å². The van der Waals surface area contributed by atoms with Crippen LogP contribution in [0.1, 0.15) is 11.4 Å². The van der Waals surface area contributed by atoms with Gasteiger partial charge in [0.05, 0.1) is 11.3 Å². The van der Waals surface area contributed by atoms with Crippen LogP contribution >= 0.6 is 0 Å². The fraction of sp³-hybridized carbons (Fsp3) is 0.0769. The maximum atomic E-state index is 8.73. The summed E-state index contributed by atoms with van der Waals surface area (Å²) in [4.78, 5) is 0. The minimum absolute atomic E-state index is 0.0899. The summed E-state index contributed by atoms with van der Waals surface area (Å²) in [5.41, 5.74) is 14.7. The van der Waals surface area contributed by atoms with Gasteiger partial charge in [-0.05, 0) is 12.5 Å². The Balaban J connectivity index is 2.31. The van der Waals surface area contributed by atoms with E-state index in [9.17, 15) is 0 Å². The topological polar surface area (TPSA) is 128 Å². The van der Waals surface area contributed by atoms with Crippen molar-refractivity contribution in [3.8, 4) is 11.1 Å². The fourth-order valence-electron chi connectivity index (χ4n) is 2.20. The molecule has 5 N–H and O–H groups in total. The zero-order chi connectivity index (χ0) is 15.0. The van der Waals surface area contributed by atoms with Crippen molar-refractivity contribution in [3.05, 3.63) is 41.7 Å². The van der Waals surface area contributed by atoms with Crippen LogP contribution in [-0.4, -0.2) is 30.9 Å². The number of anilines is 1. The van der Waals surface area contributed by atoms with Crippen LogP contribution < -0.4 is 11.5 Å². The van der Waals surface area contributed by atoms with Gasteiger partial charge in [-0.25, -0.2) is 0 Å². The molecule has 3 rings (SSSR count). The number of oxime groups is 1. The van der Waals surface area contributed by atoms with E-state index in [-0.39, 0.29) is 17.3 Å². The van der Waals surface area contributed by atoms with E-state index in [0.29, 0.717) is 5.65 Å². The van der Waals surface area contributed by atoms with E-state index in [1.165, 1.54) is 4.52 Å². The van der Waals surface area contributed by atoms with Gasteiger partial charge in [0, 0.05) is 0 Å². The largest absolute Gasteiger partial charge is 0.409 e. The lowest BCUT2D eigenvalue weighted by Gasteiger charge is -2.04. The molecule has 0 aliphatic heterocycles. The van der Waals surface area contributed by atoms with Crippen molar-refractivity contribution in [2.45, 2.75) is 6.92 Å². The molecule has 0 saturated heterocycles. The molecule has 0 bridgehead atoms. The van der Waals surface area contributed by atoms with E-state index in [1.54, 1.807) is 0 Å². The Kier molecular flexibility index (Phi) is 2.90. The minimum atomic E-state index is -0.212. The second kappa shape index (κ2) is 4.75. The summed E-state index contributed by atoms with van der Waals surface area (Å²) in [6.07, 6.45) is 0. The van der Waals surface area contributed by atoms with Crippen molar-refractivity contribution in [1.29, 1.82) is 0 Å². The molecule has 0 aliphatic rings. The van der Waals surface area contributed by atoms with Crippen molar-refractivity contribution in [1.82, 2.24) is 19.8 Å². The first-order valence-electron chi connectivity index (χ1n) is 6.18. The number of nitrogens with two attached hydrogens (primary N) is 2. The molecule has 1 aromatic carbocycles. The van der Waals surface area contributed by atoms with E-state index < -0.39 is 0 Å². The SMILES string of the molecule is Cc1nn2c(N)c(C(N)=NO)nnc2c1-c1ccccc1. The van der Waals surface area contributed by atoms with Crippen LogP contribution in [-0.2, 0) is 0 Å². The third-order valence-electron chi connectivity index (χ3n) is 3.16. The number of hydrogen-bond donors (Lipinski definition) is 3. The zero-order valence-corrected chi connectivity index (χ0v) is 11.2. The average molecular weight is 283 g/mol. The monoisotopic (exact) mass is 283 g/mol. The lowest BCUT2D eigenvalue weighted by molar-refractivity contribution is 0.318. The maximum Gasteiger partial charge on any atom is 0.194 e. The Hall–Kier alpha value is -3.16. The minimum Gasteiger partial charge on any atom is -0.409 e. The van der Waals surface area contributed by atoms with Gasteiger partial charge in [-0.1, -0.05) is 35.5 Å². The van der Waals surface area contributed by atoms with Crippen LogP contribution in [0.3, 0.4) is 0 Å². The average Bonchev–Trinajstić information content (AvgIpc) is 2.85. The summed E-state index contributed by atoms with van der Waals surface area (Å²) < 4.78 is 1.44. The molecule has 0 aliphatic carbocycles. The molecule has 0 spiro atoms. The molecule has 8 nitrogen and oxygen atoms in total. The molecule has 106 valence electrons. The highest BCUT2D eigenvalue weighted by atomic mass is 16.4.